The fourth-order valence-electron chi connectivity index (χ4n) is 2.25. The number of rotatable bonds is 6. The molecule has 0 aliphatic heterocycles. The molecule has 20 heavy (non-hydrogen) atoms. The molecule has 5 heteroatoms. The number of fused-ring (bicyclic) bond motifs is 1. The molecule has 0 amide bonds. The van der Waals surface area contributed by atoms with Crippen molar-refractivity contribution >= 4 is 26.6 Å². The zero-order valence-electron chi connectivity index (χ0n) is 11.5. The Hall–Kier alpha value is -1.59. The monoisotopic (exact) mass is 293 g/mol. The fraction of sp³-hybridized carbons (Fsp3) is 0.333. The summed E-state index contributed by atoms with van der Waals surface area (Å²) in [5, 5.41) is 4.67. The molecule has 0 bridgehead atoms. The Labute approximate surface area is 119 Å². The SMILES string of the molecule is CCCCCNc1ccc(S(=O)(=O)O)c2ccccc12. The van der Waals surface area contributed by atoms with Gasteiger partial charge in [0.2, 0.25) is 0 Å². The molecule has 0 aliphatic rings. The van der Waals surface area contributed by atoms with Gasteiger partial charge in [0.1, 0.15) is 4.90 Å². The quantitative estimate of drug-likeness (QED) is 0.629. The van der Waals surface area contributed by atoms with Gasteiger partial charge in [-0.25, -0.2) is 0 Å². The van der Waals surface area contributed by atoms with Crippen molar-refractivity contribution in [1.82, 2.24) is 0 Å². The van der Waals surface area contributed by atoms with Crippen LogP contribution in [0.2, 0.25) is 0 Å². The van der Waals surface area contributed by atoms with E-state index in [0.717, 1.165) is 36.9 Å². The van der Waals surface area contributed by atoms with Crippen LogP contribution in [-0.2, 0) is 10.1 Å². The zero-order chi connectivity index (χ0) is 14.6. The Morgan fingerprint density at radius 1 is 1.05 bits per heavy atom. The van der Waals surface area contributed by atoms with E-state index in [1.165, 1.54) is 6.07 Å². The highest BCUT2D eigenvalue weighted by Gasteiger charge is 2.15. The number of hydrogen-bond acceptors (Lipinski definition) is 3. The summed E-state index contributed by atoms with van der Waals surface area (Å²) in [5.41, 5.74) is 0.893. The topological polar surface area (TPSA) is 66.4 Å². The Balaban J connectivity index is 2.39. The lowest BCUT2D eigenvalue weighted by Crippen LogP contribution is -2.04. The molecule has 2 N–H and O–H groups in total. The summed E-state index contributed by atoms with van der Waals surface area (Å²) < 4.78 is 32.1. The highest BCUT2D eigenvalue weighted by Crippen LogP contribution is 2.29. The molecule has 4 nitrogen and oxygen atoms in total. The molecule has 0 radical (unpaired) electrons. The minimum atomic E-state index is -4.20. The summed E-state index contributed by atoms with van der Waals surface area (Å²) in [7, 11) is -4.20. The van der Waals surface area contributed by atoms with Gasteiger partial charge in [0.15, 0.2) is 0 Å². The largest absolute Gasteiger partial charge is 0.385 e. The van der Waals surface area contributed by atoms with E-state index in [2.05, 4.69) is 12.2 Å². The first-order valence-electron chi connectivity index (χ1n) is 6.77. The molecule has 0 saturated carbocycles. The lowest BCUT2D eigenvalue weighted by atomic mass is 10.1. The van der Waals surface area contributed by atoms with Gasteiger partial charge in [0, 0.05) is 23.0 Å². The Bertz CT molecular complexity index is 695. The third-order valence-electron chi connectivity index (χ3n) is 3.26. The highest BCUT2D eigenvalue weighted by molar-refractivity contribution is 7.86. The van der Waals surface area contributed by atoms with Crippen molar-refractivity contribution in [2.75, 3.05) is 11.9 Å². The molecule has 108 valence electrons. The first-order chi connectivity index (χ1) is 9.54. The first-order valence-corrected chi connectivity index (χ1v) is 8.21. The van der Waals surface area contributed by atoms with Gasteiger partial charge in [-0.05, 0) is 18.6 Å². The van der Waals surface area contributed by atoms with Crippen LogP contribution in [0.25, 0.3) is 10.8 Å². The molecule has 0 saturated heterocycles. The van der Waals surface area contributed by atoms with Crippen LogP contribution in [-0.4, -0.2) is 19.5 Å². The van der Waals surface area contributed by atoms with Crippen LogP contribution in [0.3, 0.4) is 0 Å². The van der Waals surface area contributed by atoms with Crippen molar-refractivity contribution < 1.29 is 13.0 Å². The van der Waals surface area contributed by atoms with Crippen LogP contribution < -0.4 is 5.32 Å². The fourth-order valence-corrected chi connectivity index (χ4v) is 2.94. The van der Waals surface area contributed by atoms with E-state index in [4.69, 9.17) is 0 Å². The van der Waals surface area contributed by atoms with E-state index in [-0.39, 0.29) is 4.90 Å². The van der Waals surface area contributed by atoms with Gasteiger partial charge in [-0.15, -0.1) is 0 Å². The summed E-state index contributed by atoms with van der Waals surface area (Å²) >= 11 is 0. The molecular weight excluding hydrogens is 274 g/mol. The van der Waals surface area contributed by atoms with E-state index < -0.39 is 10.1 Å². The van der Waals surface area contributed by atoms with Gasteiger partial charge in [0.25, 0.3) is 10.1 Å². The molecule has 2 rings (SSSR count). The zero-order valence-corrected chi connectivity index (χ0v) is 12.3. The average Bonchev–Trinajstić information content (AvgIpc) is 2.42. The highest BCUT2D eigenvalue weighted by atomic mass is 32.2. The lowest BCUT2D eigenvalue weighted by molar-refractivity contribution is 0.484. The number of benzene rings is 2. The van der Waals surface area contributed by atoms with Crippen molar-refractivity contribution in [3.8, 4) is 0 Å². The van der Waals surface area contributed by atoms with Crippen LogP contribution in [0.5, 0.6) is 0 Å². The molecule has 0 fully saturated rings. The number of nitrogens with one attached hydrogen (secondary N) is 1. The van der Waals surface area contributed by atoms with Gasteiger partial charge in [-0.1, -0.05) is 44.0 Å². The molecule has 0 heterocycles. The van der Waals surface area contributed by atoms with Gasteiger partial charge in [0.05, 0.1) is 0 Å². The normalized spacial score (nSPS) is 11.7. The summed E-state index contributed by atoms with van der Waals surface area (Å²) in [6.07, 6.45) is 3.39. The van der Waals surface area contributed by atoms with E-state index >= 15 is 0 Å². The minimum absolute atomic E-state index is 0.0489. The van der Waals surface area contributed by atoms with Crippen LogP contribution in [0.15, 0.2) is 41.3 Å². The molecule has 0 aromatic heterocycles. The second-order valence-electron chi connectivity index (χ2n) is 4.77. The van der Waals surface area contributed by atoms with Crippen molar-refractivity contribution in [3.05, 3.63) is 36.4 Å². The maximum atomic E-state index is 11.4. The van der Waals surface area contributed by atoms with Crippen LogP contribution >= 0.6 is 0 Å². The smallest absolute Gasteiger partial charge is 0.295 e. The number of anilines is 1. The third-order valence-corrected chi connectivity index (χ3v) is 4.17. The summed E-state index contributed by atoms with van der Waals surface area (Å²) in [4.78, 5) is -0.0489. The molecule has 0 unspecified atom stereocenters. The standard InChI is InChI=1S/C15H19NO3S/c1-2-3-6-11-16-14-9-10-15(20(17,18)19)13-8-5-4-7-12(13)14/h4-5,7-10,16H,2-3,6,11H2,1H3,(H,17,18,19). The Morgan fingerprint density at radius 3 is 2.40 bits per heavy atom. The third kappa shape index (κ3) is 3.29. The van der Waals surface area contributed by atoms with Crippen LogP contribution in [0.1, 0.15) is 26.2 Å². The van der Waals surface area contributed by atoms with Crippen molar-refractivity contribution in [3.63, 3.8) is 0 Å². The molecule has 0 atom stereocenters. The van der Waals surface area contributed by atoms with E-state index in [1.807, 2.05) is 12.1 Å². The van der Waals surface area contributed by atoms with Crippen molar-refractivity contribution in [1.29, 1.82) is 0 Å². The molecule has 2 aromatic rings. The maximum absolute atomic E-state index is 11.4. The van der Waals surface area contributed by atoms with Crippen LogP contribution in [0.4, 0.5) is 5.69 Å². The van der Waals surface area contributed by atoms with E-state index in [9.17, 15) is 13.0 Å². The minimum Gasteiger partial charge on any atom is -0.385 e. The Morgan fingerprint density at radius 2 is 1.75 bits per heavy atom. The predicted octanol–water partition coefficient (Wildman–Crippen LogP) is 3.69. The second-order valence-corrected chi connectivity index (χ2v) is 6.16. The summed E-state index contributed by atoms with van der Waals surface area (Å²) in [6, 6.07) is 10.3. The van der Waals surface area contributed by atoms with Gasteiger partial charge in [-0.3, -0.25) is 4.55 Å². The van der Waals surface area contributed by atoms with Crippen molar-refractivity contribution in [2.24, 2.45) is 0 Å². The van der Waals surface area contributed by atoms with Gasteiger partial charge >= 0.3 is 0 Å². The molecule has 0 aliphatic carbocycles. The second kappa shape index (κ2) is 6.24. The van der Waals surface area contributed by atoms with Crippen molar-refractivity contribution in [2.45, 2.75) is 31.1 Å². The Kier molecular flexibility index (Phi) is 4.62. The predicted molar refractivity (Wildman–Crippen MR) is 81.8 cm³/mol. The molecule has 2 aromatic carbocycles. The van der Waals surface area contributed by atoms with E-state index in [1.54, 1.807) is 18.2 Å². The average molecular weight is 293 g/mol. The molecule has 0 spiro atoms. The van der Waals surface area contributed by atoms with Gasteiger partial charge in [-0.2, -0.15) is 8.42 Å². The lowest BCUT2D eigenvalue weighted by Gasteiger charge is -2.11. The summed E-state index contributed by atoms with van der Waals surface area (Å²) in [5.74, 6) is 0. The number of hydrogen-bond donors (Lipinski definition) is 2. The maximum Gasteiger partial charge on any atom is 0.295 e. The van der Waals surface area contributed by atoms with Crippen LogP contribution in [0, 0.1) is 0 Å². The first kappa shape index (κ1) is 14.8. The van der Waals surface area contributed by atoms with E-state index in [0.29, 0.717) is 5.39 Å². The van der Waals surface area contributed by atoms with Gasteiger partial charge < -0.3 is 5.32 Å². The molecular formula is C15H19NO3S. The number of unbranched alkanes of at least 4 members (excludes halogenated alkanes) is 2. The summed E-state index contributed by atoms with van der Waals surface area (Å²) in [6.45, 7) is 3.00.